The summed E-state index contributed by atoms with van der Waals surface area (Å²) >= 11 is 0. The molecule has 1 nitrogen and oxygen atoms in total. The molecule has 0 bridgehead atoms. The van der Waals surface area contributed by atoms with Crippen molar-refractivity contribution in [2.24, 2.45) is 0 Å². The van der Waals surface area contributed by atoms with E-state index in [0.717, 1.165) is 12.8 Å². The van der Waals surface area contributed by atoms with Crippen molar-refractivity contribution in [1.82, 2.24) is 0 Å². The van der Waals surface area contributed by atoms with Gasteiger partial charge in [-0.2, -0.15) is 5.26 Å². The lowest BCUT2D eigenvalue weighted by atomic mass is 9.54. The van der Waals surface area contributed by atoms with E-state index in [1.54, 1.807) is 0 Å². The molecule has 0 aromatic heterocycles. The Labute approximate surface area is 57.3 Å². The van der Waals surface area contributed by atoms with E-state index in [2.05, 4.69) is 27.2 Å². The zero-order chi connectivity index (χ0) is 6.91. The van der Waals surface area contributed by atoms with Crippen LogP contribution in [-0.2, 0) is 0 Å². The molecule has 0 atom stereocenters. The van der Waals surface area contributed by atoms with Crippen LogP contribution in [0.5, 0.6) is 0 Å². The van der Waals surface area contributed by atoms with Crippen LogP contribution in [0.15, 0.2) is 0 Å². The van der Waals surface area contributed by atoms with Gasteiger partial charge in [0.25, 0.3) is 0 Å². The van der Waals surface area contributed by atoms with E-state index in [0.29, 0.717) is 5.82 Å². The fourth-order valence-corrected chi connectivity index (χ4v) is 1.09. The van der Waals surface area contributed by atoms with Gasteiger partial charge in [-0.3, -0.25) is 0 Å². The van der Waals surface area contributed by atoms with Gasteiger partial charge in [-0.05, 0) is 12.8 Å². The van der Waals surface area contributed by atoms with Crippen molar-refractivity contribution in [3.63, 3.8) is 0 Å². The first-order valence-corrected chi connectivity index (χ1v) is 3.46. The SMILES string of the molecule is CC(C)[B]C1(C#N)CC1. The summed E-state index contributed by atoms with van der Waals surface area (Å²) in [6, 6.07) is 2.33. The van der Waals surface area contributed by atoms with Gasteiger partial charge < -0.3 is 0 Å². The molecule has 2 heteroatoms. The Kier molecular flexibility index (Phi) is 1.53. The first-order chi connectivity index (χ1) is 4.18. The highest BCUT2D eigenvalue weighted by Crippen LogP contribution is 2.53. The Bertz CT molecular complexity index is 141. The van der Waals surface area contributed by atoms with E-state index >= 15 is 0 Å². The average Bonchev–Trinajstić information content (AvgIpc) is 2.48. The zero-order valence-electron chi connectivity index (χ0n) is 6.02. The van der Waals surface area contributed by atoms with E-state index in [1.807, 2.05) is 0 Å². The first kappa shape index (κ1) is 6.67. The predicted molar refractivity (Wildman–Crippen MR) is 38.4 cm³/mol. The maximum absolute atomic E-state index is 8.62. The Morgan fingerprint density at radius 3 is 2.22 bits per heavy atom. The highest BCUT2D eigenvalue weighted by atomic mass is 14.4. The van der Waals surface area contributed by atoms with Crippen molar-refractivity contribution in [1.29, 1.82) is 5.26 Å². The molecule has 1 aliphatic rings. The standard InChI is InChI=1S/C7H11BN/c1-6(2)8-7(5-9)3-4-7/h6H,3-4H2,1-2H3. The van der Waals surface area contributed by atoms with Gasteiger partial charge in [0.05, 0.1) is 6.07 Å². The maximum atomic E-state index is 8.62. The lowest BCUT2D eigenvalue weighted by Crippen LogP contribution is -2.04. The van der Waals surface area contributed by atoms with E-state index in [1.165, 1.54) is 0 Å². The average molecular weight is 120 g/mol. The van der Waals surface area contributed by atoms with Gasteiger partial charge >= 0.3 is 0 Å². The Morgan fingerprint density at radius 1 is 1.56 bits per heavy atom. The molecule has 47 valence electrons. The van der Waals surface area contributed by atoms with Gasteiger partial charge in [-0.15, -0.1) is 0 Å². The topological polar surface area (TPSA) is 23.8 Å². The Balaban J connectivity index is 2.36. The molecule has 1 rings (SSSR count). The molecule has 0 unspecified atom stereocenters. The van der Waals surface area contributed by atoms with Crippen molar-refractivity contribution in [3.05, 3.63) is 0 Å². The summed E-state index contributed by atoms with van der Waals surface area (Å²) in [5.41, 5.74) is 0. The third-order valence-corrected chi connectivity index (χ3v) is 1.66. The minimum absolute atomic E-state index is 0.00579. The third kappa shape index (κ3) is 1.48. The van der Waals surface area contributed by atoms with Crippen molar-refractivity contribution >= 4 is 7.28 Å². The number of nitriles is 1. The molecule has 9 heavy (non-hydrogen) atoms. The smallest absolute Gasteiger partial charge is 0.140 e. The van der Waals surface area contributed by atoms with E-state index in [9.17, 15) is 0 Å². The molecule has 0 spiro atoms. The second-order valence-electron chi connectivity index (χ2n) is 3.18. The van der Waals surface area contributed by atoms with Gasteiger partial charge in [0, 0.05) is 5.31 Å². The Morgan fingerprint density at radius 2 is 2.11 bits per heavy atom. The maximum Gasteiger partial charge on any atom is 0.140 e. The third-order valence-electron chi connectivity index (χ3n) is 1.66. The first-order valence-electron chi connectivity index (χ1n) is 3.46. The van der Waals surface area contributed by atoms with Gasteiger partial charge in [0.15, 0.2) is 0 Å². The summed E-state index contributed by atoms with van der Waals surface area (Å²) in [7, 11) is 2.16. The molecular weight excluding hydrogens is 109 g/mol. The van der Waals surface area contributed by atoms with Crippen LogP contribution >= 0.6 is 0 Å². The summed E-state index contributed by atoms with van der Waals surface area (Å²) in [4.78, 5) is 0. The fourth-order valence-electron chi connectivity index (χ4n) is 1.09. The van der Waals surface area contributed by atoms with Crippen LogP contribution in [0.4, 0.5) is 0 Å². The second-order valence-corrected chi connectivity index (χ2v) is 3.18. The van der Waals surface area contributed by atoms with Crippen molar-refractivity contribution in [2.75, 3.05) is 0 Å². The zero-order valence-corrected chi connectivity index (χ0v) is 6.02. The second kappa shape index (κ2) is 2.06. The summed E-state index contributed by atoms with van der Waals surface area (Å²) in [6.07, 6.45) is 2.17. The van der Waals surface area contributed by atoms with Gasteiger partial charge in [-0.1, -0.05) is 19.7 Å². The van der Waals surface area contributed by atoms with E-state index < -0.39 is 0 Å². The van der Waals surface area contributed by atoms with Crippen LogP contribution in [0.25, 0.3) is 0 Å². The van der Waals surface area contributed by atoms with Crippen molar-refractivity contribution in [2.45, 2.75) is 37.8 Å². The molecule has 1 aliphatic carbocycles. The number of hydrogen-bond acceptors (Lipinski definition) is 1. The molecule has 0 aliphatic heterocycles. The van der Waals surface area contributed by atoms with Gasteiger partial charge in [0.1, 0.15) is 7.28 Å². The lowest BCUT2D eigenvalue weighted by Gasteiger charge is -2.04. The van der Waals surface area contributed by atoms with E-state index in [4.69, 9.17) is 5.26 Å². The van der Waals surface area contributed by atoms with Gasteiger partial charge in [-0.25, -0.2) is 0 Å². The summed E-state index contributed by atoms with van der Waals surface area (Å²) in [5, 5.41) is 8.62. The molecule has 0 aromatic carbocycles. The Hall–Kier alpha value is -0.445. The van der Waals surface area contributed by atoms with Crippen LogP contribution in [0.3, 0.4) is 0 Å². The number of nitrogens with zero attached hydrogens (tertiary/aromatic N) is 1. The van der Waals surface area contributed by atoms with E-state index in [-0.39, 0.29) is 5.31 Å². The summed E-state index contributed by atoms with van der Waals surface area (Å²) in [5.74, 6) is 0.562. The summed E-state index contributed by atoms with van der Waals surface area (Å²) in [6.45, 7) is 4.24. The van der Waals surface area contributed by atoms with Crippen molar-refractivity contribution < 1.29 is 0 Å². The quantitative estimate of drug-likeness (QED) is 0.511. The van der Waals surface area contributed by atoms with Crippen molar-refractivity contribution in [3.8, 4) is 6.07 Å². The van der Waals surface area contributed by atoms with Crippen LogP contribution in [-0.4, -0.2) is 7.28 Å². The molecule has 0 aromatic rings. The predicted octanol–water partition coefficient (Wildman–Crippen LogP) is 1.99. The highest BCUT2D eigenvalue weighted by Gasteiger charge is 2.43. The molecule has 1 radical (unpaired) electrons. The molecule has 0 heterocycles. The van der Waals surface area contributed by atoms with Crippen LogP contribution < -0.4 is 0 Å². The highest BCUT2D eigenvalue weighted by molar-refractivity contribution is 6.44. The van der Waals surface area contributed by atoms with Crippen LogP contribution in [0, 0.1) is 11.3 Å². The molecule has 0 amide bonds. The van der Waals surface area contributed by atoms with Gasteiger partial charge in [0.2, 0.25) is 0 Å². The fraction of sp³-hybridized carbons (Fsp3) is 0.857. The number of hydrogen-bond donors (Lipinski definition) is 0. The minimum Gasteiger partial charge on any atom is -0.199 e. The summed E-state index contributed by atoms with van der Waals surface area (Å²) < 4.78 is 0. The molecule has 1 saturated carbocycles. The largest absolute Gasteiger partial charge is 0.199 e. The molecule has 0 N–H and O–H groups in total. The van der Waals surface area contributed by atoms with Crippen LogP contribution in [0.2, 0.25) is 11.1 Å². The normalized spacial score (nSPS) is 21.1. The monoisotopic (exact) mass is 120 g/mol. The minimum atomic E-state index is -0.00579. The van der Waals surface area contributed by atoms with Crippen LogP contribution in [0.1, 0.15) is 26.7 Å². The molecule has 1 fully saturated rings. The molecular formula is C7H11BN. The molecule has 0 saturated heterocycles. The number of rotatable bonds is 2. The lowest BCUT2D eigenvalue weighted by molar-refractivity contribution is 0.997.